The van der Waals surface area contributed by atoms with Crippen molar-refractivity contribution < 1.29 is 31.5 Å². The predicted molar refractivity (Wildman–Crippen MR) is 143 cm³/mol. The fourth-order valence-corrected chi connectivity index (χ4v) is 6.06. The zero-order valence-electron chi connectivity index (χ0n) is 22.3. The van der Waals surface area contributed by atoms with Gasteiger partial charge in [-0.25, -0.2) is 18.2 Å². The van der Waals surface area contributed by atoms with E-state index in [4.69, 9.17) is 16.3 Å². The number of nitrogens with one attached hydrogen (secondary N) is 1. The number of sulfonamides is 1. The Kier molecular flexibility index (Phi) is 7.02. The Morgan fingerprint density at radius 2 is 1.95 bits per heavy atom. The van der Waals surface area contributed by atoms with Crippen LogP contribution in [0.25, 0.3) is 0 Å². The van der Waals surface area contributed by atoms with Crippen molar-refractivity contribution in [3.8, 4) is 5.88 Å². The molecule has 2 heterocycles. The van der Waals surface area contributed by atoms with Crippen LogP contribution in [0.2, 0.25) is 5.02 Å². The molecule has 8 nitrogen and oxygen atoms in total. The van der Waals surface area contributed by atoms with E-state index in [0.29, 0.717) is 5.56 Å². The summed E-state index contributed by atoms with van der Waals surface area (Å²) in [6.07, 6.45) is 1.63. The van der Waals surface area contributed by atoms with Crippen LogP contribution in [0.5, 0.6) is 5.88 Å². The van der Waals surface area contributed by atoms with E-state index < -0.39 is 54.9 Å². The van der Waals surface area contributed by atoms with Gasteiger partial charge in [-0.3, -0.25) is 9.59 Å². The van der Waals surface area contributed by atoms with E-state index in [0.717, 1.165) is 41.7 Å². The van der Waals surface area contributed by atoms with Crippen molar-refractivity contribution in [3.05, 3.63) is 74.8 Å². The van der Waals surface area contributed by atoms with Crippen LogP contribution >= 0.6 is 11.6 Å². The standard InChI is InChI=1S/C28H28ClF2N3O5S/c1-14-9-17(15(2)18-7-8-21(30)25(29)26(18)31)10-20(16-5-6-16)19(14)11-22(35)33-40(37,38)23-12-24-34(32-23)13-28(3,4)27(36)39-24/h7-10,12,15-16H,5-6,11,13H2,1-4H3,(H,33,35). The highest BCUT2D eigenvalue weighted by atomic mass is 35.5. The molecule has 1 N–H and O–H groups in total. The molecular formula is C28H28ClF2N3O5S. The van der Waals surface area contributed by atoms with Gasteiger partial charge in [-0.2, -0.15) is 13.5 Å². The number of esters is 1. The molecule has 3 aromatic rings. The van der Waals surface area contributed by atoms with Gasteiger partial charge in [0.05, 0.1) is 18.4 Å². The van der Waals surface area contributed by atoms with Gasteiger partial charge in [0.25, 0.3) is 10.0 Å². The second-order valence-electron chi connectivity index (χ2n) is 11.1. The van der Waals surface area contributed by atoms with Gasteiger partial charge in [0.15, 0.2) is 0 Å². The average molecular weight is 592 g/mol. The van der Waals surface area contributed by atoms with E-state index in [1.807, 2.05) is 19.1 Å². The van der Waals surface area contributed by atoms with Crippen LogP contribution in [0, 0.1) is 24.0 Å². The smallest absolute Gasteiger partial charge is 0.320 e. The summed E-state index contributed by atoms with van der Waals surface area (Å²) in [6.45, 7) is 7.06. The number of rotatable bonds is 7. The number of aromatic nitrogens is 2. The summed E-state index contributed by atoms with van der Waals surface area (Å²) < 4.78 is 62.9. The highest BCUT2D eigenvalue weighted by Crippen LogP contribution is 2.44. The Labute approximate surface area is 235 Å². The molecule has 1 amide bonds. The molecule has 1 saturated carbocycles. The first-order valence-corrected chi connectivity index (χ1v) is 14.7. The van der Waals surface area contributed by atoms with Crippen LogP contribution in [0.15, 0.2) is 35.4 Å². The number of hydrogen-bond acceptors (Lipinski definition) is 6. The highest BCUT2D eigenvalue weighted by Gasteiger charge is 2.38. The molecule has 0 saturated heterocycles. The van der Waals surface area contributed by atoms with Crippen molar-refractivity contribution in [2.24, 2.45) is 5.41 Å². The maximum atomic E-state index is 14.7. The van der Waals surface area contributed by atoms with Gasteiger partial charge in [0.2, 0.25) is 16.8 Å². The van der Waals surface area contributed by atoms with Crippen molar-refractivity contribution in [1.29, 1.82) is 0 Å². The van der Waals surface area contributed by atoms with Crippen LogP contribution < -0.4 is 9.46 Å². The van der Waals surface area contributed by atoms with Gasteiger partial charge in [-0.05, 0) is 73.4 Å². The summed E-state index contributed by atoms with van der Waals surface area (Å²) in [5.74, 6) is -3.14. The fourth-order valence-electron chi connectivity index (χ4n) is 4.95. The average Bonchev–Trinajstić information content (AvgIpc) is 3.63. The number of carbonyl (C=O) groups is 2. The molecule has 1 unspecified atom stereocenters. The summed E-state index contributed by atoms with van der Waals surface area (Å²) in [6, 6.07) is 7.34. The second-order valence-corrected chi connectivity index (χ2v) is 13.1. The molecule has 5 rings (SSSR count). The molecule has 1 aromatic heterocycles. The molecule has 1 atom stereocenters. The molecule has 40 heavy (non-hydrogen) atoms. The van der Waals surface area contributed by atoms with E-state index >= 15 is 0 Å². The van der Waals surface area contributed by atoms with Gasteiger partial charge in [0, 0.05) is 12.0 Å². The minimum atomic E-state index is -4.34. The van der Waals surface area contributed by atoms with Crippen LogP contribution in [0.4, 0.5) is 8.78 Å². The first-order chi connectivity index (χ1) is 18.7. The van der Waals surface area contributed by atoms with Crippen LogP contribution in [0.3, 0.4) is 0 Å². The minimum Gasteiger partial charge on any atom is -0.407 e. The summed E-state index contributed by atoms with van der Waals surface area (Å²) >= 11 is 5.79. The number of amides is 1. The lowest BCUT2D eigenvalue weighted by Crippen LogP contribution is -2.38. The Morgan fingerprint density at radius 3 is 2.62 bits per heavy atom. The molecule has 212 valence electrons. The van der Waals surface area contributed by atoms with E-state index in [9.17, 15) is 26.8 Å². The van der Waals surface area contributed by atoms with Gasteiger partial charge in [-0.15, -0.1) is 0 Å². The second kappa shape index (κ2) is 9.95. The molecule has 0 radical (unpaired) electrons. The topological polar surface area (TPSA) is 107 Å². The number of carbonyl (C=O) groups excluding carboxylic acids is 2. The normalized spacial score (nSPS) is 17.2. The largest absolute Gasteiger partial charge is 0.407 e. The lowest BCUT2D eigenvalue weighted by atomic mass is 9.86. The summed E-state index contributed by atoms with van der Waals surface area (Å²) in [5.41, 5.74) is 2.50. The van der Waals surface area contributed by atoms with E-state index in [2.05, 4.69) is 9.82 Å². The Balaban J connectivity index is 1.38. The minimum absolute atomic E-state index is 0.00685. The van der Waals surface area contributed by atoms with E-state index in [1.54, 1.807) is 20.8 Å². The molecular weight excluding hydrogens is 564 g/mol. The molecule has 0 bridgehead atoms. The fraction of sp³-hybridized carbons (Fsp3) is 0.393. The van der Waals surface area contributed by atoms with E-state index in [1.165, 1.54) is 10.7 Å². The Morgan fingerprint density at radius 1 is 1.25 bits per heavy atom. The van der Waals surface area contributed by atoms with Crippen molar-refractivity contribution in [1.82, 2.24) is 14.5 Å². The van der Waals surface area contributed by atoms with Crippen molar-refractivity contribution in [2.45, 2.75) is 70.4 Å². The van der Waals surface area contributed by atoms with Crippen molar-refractivity contribution in [3.63, 3.8) is 0 Å². The Bertz CT molecular complexity index is 1660. The Hall–Kier alpha value is -3.31. The van der Waals surface area contributed by atoms with Crippen molar-refractivity contribution in [2.75, 3.05) is 0 Å². The molecule has 12 heteroatoms. The number of hydrogen-bond donors (Lipinski definition) is 1. The zero-order valence-corrected chi connectivity index (χ0v) is 23.9. The lowest BCUT2D eigenvalue weighted by molar-refractivity contribution is -0.148. The summed E-state index contributed by atoms with van der Waals surface area (Å²) in [4.78, 5) is 25.1. The lowest BCUT2D eigenvalue weighted by Gasteiger charge is -2.27. The van der Waals surface area contributed by atoms with Crippen LogP contribution in [-0.2, 0) is 32.6 Å². The number of aryl methyl sites for hydroxylation is 1. The van der Waals surface area contributed by atoms with Crippen molar-refractivity contribution >= 4 is 33.5 Å². The molecule has 1 aliphatic carbocycles. The van der Waals surface area contributed by atoms with Crippen LogP contribution in [-0.4, -0.2) is 30.1 Å². The summed E-state index contributed by atoms with van der Waals surface area (Å²) in [7, 11) is -4.34. The number of halogens is 3. The number of fused-ring (bicyclic) bond motifs is 1. The molecule has 2 aromatic carbocycles. The SMILES string of the molecule is Cc1cc(C(C)c2ccc(F)c(Cl)c2F)cc(C2CC2)c1CC(=O)NS(=O)(=O)c1cc2n(n1)CC(C)(C)C(=O)O2. The van der Waals surface area contributed by atoms with Gasteiger partial charge in [0.1, 0.15) is 16.7 Å². The number of nitrogens with zero attached hydrogens (tertiary/aromatic N) is 2. The van der Waals surface area contributed by atoms with E-state index in [-0.39, 0.29) is 30.3 Å². The third-order valence-electron chi connectivity index (χ3n) is 7.45. The maximum absolute atomic E-state index is 14.7. The third-order valence-corrected chi connectivity index (χ3v) is 9.05. The zero-order chi connectivity index (χ0) is 29.1. The summed E-state index contributed by atoms with van der Waals surface area (Å²) in [5, 5.41) is 3.05. The van der Waals surface area contributed by atoms with Gasteiger partial charge in [-0.1, -0.05) is 36.7 Å². The number of ether oxygens (including phenoxy) is 1. The quantitative estimate of drug-likeness (QED) is 0.301. The van der Waals surface area contributed by atoms with Crippen LogP contribution in [0.1, 0.15) is 73.3 Å². The maximum Gasteiger partial charge on any atom is 0.320 e. The third kappa shape index (κ3) is 5.24. The molecule has 2 aliphatic rings. The first-order valence-electron chi connectivity index (χ1n) is 12.8. The monoisotopic (exact) mass is 591 g/mol. The van der Waals surface area contributed by atoms with Gasteiger partial charge < -0.3 is 4.74 Å². The van der Waals surface area contributed by atoms with Gasteiger partial charge >= 0.3 is 5.97 Å². The number of benzene rings is 2. The first kappa shape index (κ1) is 28.2. The molecule has 1 fully saturated rings. The highest BCUT2D eigenvalue weighted by molar-refractivity contribution is 7.90. The molecule has 0 spiro atoms. The predicted octanol–water partition coefficient (Wildman–Crippen LogP) is 5.15. The molecule has 1 aliphatic heterocycles.